The molecule has 2 aromatic carbocycles. The summed E-state index contributed by atoms with van der Waals surface area (Å²) in [6.07, 6.45) is 0.0945. The highest BCUT2D eigenvalue weighted by Crippen LogP contribution is 2.28. The lowest BCUT2D eigenvalue weighted by atomic mass is 10.1. The second-order valence-electron chi connectivity index (χ2n) is 6.99. The summed E-state index contributed by atoms with van der Waals surface area (Å²) in [4.78, 5) is 18.7. The van der Waals surface area contributed by atoms with Crippen LogP contribution in [0.2, 0.25) is 0 Å². The largest absolute Gasteiger partial charge is 0.491 e. The third-order valence-corrected chi connectivity index (χ3v) is 5.42. The van der Waals surface area contributed by atoms with Gasteiger partial charge in [0.2, 0.25) is 0 Å². The Kier molecular flexibility index (Phi) is 6.27. The molecule has 1 unspecified atom stereocenters. The molecule has 0 N–H and O–H groups in total. The second kappa shape index (κ2) is 8.69. The Labute approximate surface area is 172 Å². The van der Waals surface area contributed by atoms with Crippen molar-refractivity contribution >= 4 is 17.2 Å². The van der Waals surface area contributed by atoms with E-state index in [2.05, 4.69) is 4.98 Å². The molecule has 0 saturated carbocycles. The standard InChI is InChI=1S/C22H22F2N2O2S/c1-13(2)28-17-8-5-15(6-9-17)21-25-20(12-29-21)22(27)26(4)14(3)16-7-10-18(23)19(24)11-16/h5-14H,1-4H3. The van der Waals surface area contributed by atoms with Gasteiger partial charge < -0.3 is 9.64 Å². The number of thiazole rings is 1. The average Bonchev–Trinajstić information content (AvgIpc) is 3.18. The van der Waals surface area contributed by atoms with Gasteiger partial charge in [-0.15, -0.1) is 11.3 Å². The van der Waals surface area contributed by atoms with Crippen molar-refractivity contribution in [3.63, 3.8) is 0 Å². The Morgan fingerprint density at radius 2 is 1.76 bits per heavy atom. The number of carbonyl (C=O) groups is 1. The molecular formula is C22H22F2N2O2S. The van der Waals surface area contributed by atoms with Crippen LogP contribution in [0.1, 0.15) is 42.9 Å². The van der Waals surface area contributed by atoms with E-state index in [1.165, 1.54) is 22.3 Å². The Morgan fingerprint density at radius 1 is 1.07 bits per heavy atom. The predicted molar refractivity (Wildman–Crippen MR) is 110 cm³/mol. The summed E-state index contributed by atoms with van der Waals surface area (Å²) in [5.41, 5.74) is 1.71. The SMILES string of the molecule is CC(C)Oc1ccc(-c2nc(C(=O)N(C)C(C)c3ccc(F)c(F)c3)cs2)cc1. The van der Waals surface area contributed by atoms with Crippen LogP contribution in [-0.2, 0) is 0 Å². The Bertz CT molecular complexity index is 1000. The van der Waals surface area contributed by atoms with E-state index in [9.17, 15) is 13.6 Å². The third-order valence-electron chi connectivity index (χ3n) is 4.52. The summed E-state index contributed by atoms with van der Waals surface area (Å²) in [5, 5.41) is 2.42. The first-order valence-corrected chi connectivity index (χ1v) is 10.1. The number of benzene rings is 2. The normalized spacial score (nSPS) is 12.1. The summed E-state index contributed by atoms with van der Waals surface area (Å²) in [6, 6.07) is 10.8. The number of aromatic nitrogens is 1. The first kappa shape index (κ1) is 20.9. The van der Waals surface area contributed by atoms with E-state index in [0.717, 1.165) is 28.5 Å². The molecule has 152 valence electrons. The molecule has 1 amide bonds. The molecule has 0 bridgehead atoms. The van der Waals surface area contributed by atoms with Gasteiger partial charge in [-0.3, -0.25) is 4.79 Å². The number of ether oxygens (including phenoxy) is 1. The van der Waals surface area contributed by atoms with Gasteiger partial charge in [0.15, 0.2) is 11.6 Å². The van der Waals surface area contributed by atoms with E-state index in [1.807, 2.05) is 38.1 Å². The van der Waals surface area contributed by atoms with Crippen LogP contribution >= 0.6 is 11.3 Å². The molecule has 0 fully saturated rings. The molecule has 0 radical (unpaired) electrons. The van der Waals surface area contributed by atoms with E-state index in [1.54, 1.807) is 19.4 Å². The molecule has 0 aliphatic heterocycles. The smallest absolute Gasteiger partial charge is 0.273 e. The lowest BCUT2D eigenvalue weighted by molar-refractivity contribution is 0.0737. The zero-order valence-corrected chi connectivity index (χ0v) is 17.5. The van der Waals surface area contributed by atoms with Crippen molar-refractivity contribution in [1.82, 2.24) is 9.88 Å². The van der Waals surface area contributed by atoms with Crippen LogP contribution in [0.3, 0.4) is 0 Å². The molecular weight excluding hydrogens is 394 g/mol. The zero-order valence-electron chi connectivity index (χ0n) is 16.6. The van der Waals surface area contributed by atoms with Crippen molar-refractivity contribution in [3.8, 4) is 16.3 Å². The maximum Gasteiger partial charge on any atom is 0.273 e. The molecule has 0 aliphatic carbocycles. The maximum absolute atomic E-state index is 13.5. The van der Waals surface area contributed by atoms with E-state index in [0.29, 0.717) is 11.3 Å². The average molecular weight is 416 g/mol. The molecule has 0 spiro atoms. The number of hydrogen-bond acceptors (Lipinski definition) is 4. The topological polar surface area (TPSA) is 42.4 Å². The van der Waals surface area contributed by atoms with Crippen LogP contribution in [-0.4, -0.2) is 28.9 Å². The lowest BCUT2D eigenvalue weighted by Gasteiger charge is -2.24. The first-order valence-electron chi connectivity index (χ1n) is 9.21. The molecule has 0 saturated heterocycles. The number of nitrogens with zero attached hydrogens (tertiary/aromatic N) is 2. The Hall–Kier alpha value is -2.80. The fourth-order valence-electron chi connectivity index (χ4n) is 2.81. The molecule has 1 atom stereocenters. The third kappa shape index (κ3) is 4.79. The van der Waals surface area contributed by atoms with Gasteiger partial charge in [0.25, 0.3) is 5.91 Å². The van der Waals surface area contributed by atoms with E-state index in [-0.39, 0.29) is 12.0 Å². The molecule has 1 heterocycles. The lowest BCUT2D eigenvalue weighted by Crippen LogP contribution is -2.30. The molecule has 7 heteroatoms. The van der Waals surface area contributed by atoms with Crippen LogP contribution in [0.5, 0.6) is 5.75 Å². The fourth-order valence-corrected chi connectivity index (χ4v) is 3.61. The highest BCUT2D eigenvalue weighted by molar-refractivity contribution is 7.13. The summed E-state index contributed by atoms with van der Waals surface area (Å²) in [6.45, 7) is 5.68. The quantitative estimate of drug-likeness (QED) is 0.517. The van der Waals surface area contributed by atoms with Crippen molar-refractivity contribution in [2.45, 2.75) is 32.9 Å². The Balaban J connectivity index is 1.75. The fraction of sp³-hybridized carbons (Fsp3) is 0.273. The minimum Gasteiger partial charge on any atom is -0.491 e. The first-order chi connectivity index (χ1) is 13.8. The second-order valence-corrected chi connectivity index (χ2v) is 7.85. The monoisotopic (exact) mass is 416 g/mol. The van der Waals surface area contributed by atoms with Gasteiger partial charge in [0.1, 0.15) is 16.5 Å². The molecule has 29 heavy (non-hydrogen) atoms. The predicted octanol–water partition coefficient (Wildman–Crippen LogP) is 5.71. The van der Waals surface area contributed by atoms with Crippen molar-refractivity contribution < 1.29 is 18.3 Å². The number of rotatable bonds is 6. The van der Waals surface area contributed by atoms with Gasteiger partial charge in [-0.05, 0) is 62.7 Å². The van der Waals surface area contributed by atoms with Gasteiger partial charge in [-0.2, -0.15) is 0 Å². The summed E-state index contributed by atoms with van der Waals surface area (Å²) >= 11 is 1.37. The van der Waals surface area contributed by atoms with Gasteiger partial charge in [-0.25, -0.2) is 13.8 Å². The van der Waals surface area contributed by atoms with Crippen molar-refractivity contribution in [3.05, 3.63) is 70.7 Å². The molecule has 1 aromatic heterocycles. The van der Waals surface area contributed by atoms with Gasteiger partial charge >= 0.3 is 0 Å². The highest BCUT2D eigenvalue weighted by Gasteiger charge is 2.22. The summed E-state index contributed by atoms with van der Waals surface area (Å²) in [5.74, 6) is -1.36. The number of halogens is 2. The van der Waals surface area contributed by atoms with Crippen LogP contribution in [0.15, 0.2) is 47.8 Å². The number of amides is 1. The van der Waals surface area contributed by atoms with Crippen LogP contribution < -0.4 is 4.74 Å². The van der Waals surface area contributed by atoms with E-state index < -0.39 is 17.7 Å². The molecule has 3 rings (SSSR count). The minimum atomic E-state index is -0.934. The van der Waals surface area contributed by atoms with Crippen LogP contribution in [0.25, 0.3) is 10.6 Å². The summed E-state index contributed by atoms with van der Waals surface area (Å²) in [7, 11) is 1.62. The molecule has 3 aromatic rings. The number of hydrogen-bond donors (Lipinski definition) is 0. The van der Waals surface area contributed by atoms with Crippen LogP contribution in [0.4, 0.5) is 8.78 Å². The maximum atomic E-state index is 13.5. The van der Waals surface area contributed by atoms with Crippen molar-refractivity contribution in [2.24, 2.45) is 0 Å². The number of carbonyl (C=O) groups excluding carboxylic acids is 1. The van der Waals surface area contributed by atoms with Gasteiger partial charge in [0, 0.05) is 18.0 Å². The molecule has 4 nitrogen and oxygen atoms in total. The summed E-state index contributed by atoms with van der Waals surface area (Å²) < 4.78 is 32.3. The van der Waals surface area contributed by atoms with Crippen molar-refractivity contribution in [1.29, 1.82) is 0 Å². The van der Waals surface area contributed by atoms with E-state index >= 15 is 0 Å². The molecule has 0 aliphatic rings. The van der Waals surface area contributed by atoms with Gasteiger partial charge in [0.05, 0.1) is 12.1 Å². The van der Waals surface area contributed by atoms with Crippen molar-refractivity contribution in [2.75, 3.05) is 7.05 Å². The minimum absolute atomic E-state index is 0.0945. The van der Waals surface area contributed by atoms with E-state index in [4.69, 9.17) is 4.74 Å². The van der Waals surface area contributed by atoms with Gasteiger partial charge in [-0.1, -0.05) is 6.07 Å². The van der Waals surface area contributed by atoms with Crippen LogP contribution in [0, 0.1) is 11.6 Å². The zero-order chi connectivity index (χ0) is 21.1. The Morgan fingerprint density at radius 3 is 2.38 bits per heavy atom. The highest BCUT2D eigenvalue weighted by atomic mass is 32.1.